The third kappa shape index (κ3) is 3.38. The third-order valence-corrected chi connectivity index (χ3v) is 3.48. The highest BCUT2D eigenvalue weighted by atomic mass is 32.1. The summed E-state index contributed by atoms with van der Waals surface area (Å²) in [6.07, 6.45) is 0.277. The van der Waals surface area contributed by atoms with Crippen LogP contribution in [-0.4, -0.2) is 10.8 Å². The first-order valence-electron chi connectivity index (χ1n) is 5.63. The summed E-state index contributed by atoms with van der Waals surface area (Å²) < 4.78 is 0. The Morgan fingerprint density at radius 1 is 1.42 bits per heavy atom. The van der Waals surface area contributed by atoms with Gasteiger partial charge in [0.15, 0.2) is 0 Å². The molecule has 2 aromatic rings. The lowest BCUT2D eigenvalue weighted by Gasteiger charge is -2.05. The first-order valence-corrected chi connectivity index (χ1v) is 6.51. The van der Waals surface area contributed by atoms with Crippen LogP contribution in [0.4, 0.5) is 11.4 Å². The topological polar surface area (TPSA) is 72.2 Å². The number of rotatable bonds is 4. The van der Waals surface area contributed by atoms with Gasteiger partial charge in [-0.3, -0.25) is 14.9 Å². The maximum absolute atomic E-state index is 11.8. The molecule has 0 spiro atoms. The number of benzene rings is 1. The van der Waals surface area contributed by atoms with Gasteiger partial charge in [0.25, 0.3) is 5.69 Å². The number of nitrogens with zero attached hydrogens (tertiary/aromatic N) is 1. The summed E-state index contributed by atoms with van der Waals surface area (Å²) in [5, 5.41) is 15.4. The molecule has 6 heteroatoms. The van der Waals surface area contributed by atoms with E-state index in [2.05, 4.69) is 5.32 Å². The minimum atomic E-state index is -0.454. The number of aryl methyl sites for hydroxylation is 1. The Labute approximate surface area is 114 Å². The zero-order valence-corrected chi connectivity index (χ0v) is 11.1. The summed E-state index contributed by atoms with van der Waals surface area (Å²) in [6, 6.07) is 8.42. The van der Waals surface area contributed by atoms with E-state index in [4.69, 9.17) is 0 Å². The molecule has 1 amide bonds. The van der Waals surface area contributed by atoms with Crippen LogP contribution in [0.3, 0.4) is 0 Å². The summed E-state index contributed by atoms with van der Waals surface area (Å²) in [5.74, 6) is -0.180. The Morgan fingerprint density at radius 2 is 2.21 bits per heavy atom. The lowest BCUT2D eigenvalue weighted by molar-refractivity contribution is -0.385. The first-order chi connectivity index (χ1) is 9.06. The van der Waals surface area contributed by atoms with Crippen molar-refractivity contribution in [2.45, 2.75) is 13.3 Å². The van der Waals surface area contributed by atoms with Crippen LogP contribution in [0, 0.1) is 17.0 Å². The fourth-order valence-corrected chi connectivity index (χ4v) is 2.36. The maximum atomic E-state index is 11.8. The van der Waals surface area contributed by atoms with E-state index >= 15 is 0 Å². The molecule has 2 rings (SSSR count). The highest BCUT2D eigenvalue weighted by Crippen LogP contribution is 2.22. The van der Waals surface area contributed by atoms with Crippen molar-refractivity contribution < 1.29 is 9.72 Å². The van der Waals surface area contributed by atoms with Gasteiger partial charge in [0.05, 0.1) is 11.3 Å². The molecule has 0 radical (unpaired) electrons. The maximum Gasteiger partial charge on any atom is 0.274 e. The van der Waals surface area contributed by atoms with Gasteiger partial charge in [-0.05, 0) is 24.4 Å². The molecule has 1 N–H and O–H groups in total. The zero-order valence-electron chi connectivity index (χ0n) is 10.3. The number of thiophene rings is 1. The molecule has 0 saturated carbocycles. The molecule has 1 heterocycles. The number of carbonyl (C=O) groups is 1. The van der Waals surface area contributed by atoms with Crippen LogP contribution in [0.5, 0.6) is 0 Å². The zero-order chi connectivity index (χ0) is 13.8. The van der Waals surface area contributed by atoms with Gasteiger partial charge in [-0.2, -0.15) is 0 Å². The normalized spacial score (nSPS) is 10.2. The quantitative estimate of drug-likeness (QED) is 0.688. The number of carbonyl (C=O) groups excluding carboxylic acids is 1. The van der Waals surface area contributed by atoms with Crippen molar-refractivity contribution in [1.29, 1.82) is 0 Å². The molecule has 0 fully saturated rings. The van der Waals surface area contributed by atoms with Crippen LogP contribution >= 0.6 is 11.3 Å². The van der Waals surface area contributed by atoms with Crippen LogP contribution in [0.2, 0.25) is 0 Å². The van der Waals surface area contributed by atoms with Crippen molar-refractivity contribution in [1.82, 2.24) is 0 Å². The predicted octanol–water partition coefficient (Wildman–Crippen LogP) is 3.15. The molecule has 0 aliphatic rings. The summed E-state index contributed by atoms with van der Waals surface area (Å²) in [6.45, 7) is 1.66. The van der Waals surface area contributed by atoms with E-state index in [1.165, 1.54) is 17.4 Å². The average Bonchev–Trinajstić information content (AvgIpc) is 2.84. The molecule has 1 aromatic heterocycles. The van der Waals surface area contributed by atoms with E-state index in [0.717, 1.165) is 4.88 Å². The van der Waals surface area contributed by atoms with Crippen molar-refractivity contribution in [2.24, 2.45) is 0 Å². The average molecular weight is 276 g/mol. The summed E-state index contributed by atoms with van der Waals surface area (Å²) in [5.41, 5.74) is 1.02. The van der Waals surface area contributed by atoms with Gasteiger partial charge in [-0.15, -0.1) is 11.3 Å². The minimum absolute atomic E-state index is 0.00826. The van der Waals surface area contributed by atoms with Crippen molar-refractivity contribution in [3.63, 3.8) is 0 Å². The molecule has 1 aromatic carbocycles. The van der Waals surface area contributed by atoms with E-state index in [1.807, 2.05) is 17.5 Å². The first kappa shape index (κ1) is 13.2. The molecule has 98 valence electrons. The van der Waals surface area contributed by atoms with Gasteiger partial charge >= 0.3 is 0 Å². The van der Waals surface area contributed by atoms with Gasteiger partial charge in [-0.25, -0.2) is 0 Å². The highest BCUT2D eigenvalue weighted by molar-refractivity contribution is 7.10. The smallest absolute Gasteiger partial charge is 0.274 e. The number of anilines is 1. The number of nitrogens with one attached hydrogen (secondary N) is 1. The molecule has 0 unspecified atom stereocenters. The SMILES string of the molecule is Cc1ccc(NC(=O)Cc2cccs2)cc1[N+](=O)[O-]. The Morgan fingerprint density at radius 3 is 2.84 bits per heavy atom. The van der Waals surface area contributed by atoms with Crippen molar-refractivity contribution >= 4 is 28.6 Å². The van der Waals surface area contributed by atoms with Gasteiger partial charge in [0.1, 0.15) is 0 Å². The molecule has 0 bridgehead atoms. The summed E-state index contributed by atoms with van der Waals surface area (Å²) in [4.78, 5) is 23.1. The summed E-state index contributed by atoms with van der Waals surface area (Å²) in [7, 11) is 0. The van der Waals surface area contributed by atoms with Crippen molar-refractivity contribution in [3.05, 3.63) is 56.3 Å². The molecule has 0 aliphatic carbocycles. The number of nitro groups is 1. The predicted molar refractivity (Wildman–Crippen MR) is 74.5 cm³/mol. The number of amides is 1. The molecule has 0 aliphatic heterocycles. The minimum Gasteiger partial charge on any atom is -0.326 e. The van der Waals surface area contributed by atoms with E-state index in [1.54, 1.807) is 19.1 Å². The monoisotopic (exact) mass is 276 g/mol. The van der Waals surface area contributed by atoms with Crippen molar-refractivity contribution in [3.8, 4) is 0 Å². The fraction of sp³-hybridized carbons (Fsp3) is 0.154. The Bertz CT molecular complexity index is 608. The van der Waals surface area contributed by atoms with Crippen LogP contribution in [0.15, 0.2) is 35.7 Å². The second kappa shape index (κ2) is 5.62. The van der Waals surface area contributed by atoms with Gasteiger partial charge in [0, 0.05) is 22.2 Å². The van der Waals surface area contributed by atoms with Crippen LogP contribution in [0.1, 0.15) is 10.4 Å². The third-order valence-electron chi connectivity index (χ3n) is 2.60. The molecular formula is C13H12N2O3S. The van der Waals surface area contributed by atoms with E-state index < -0.39 is 4.92 Å². The Kier molecular flexibility index (Phi) is 3.91. The summed E-state index contributed by atoms with van der Waals surface area (Å²) >= 11 is 1.50. The number of hydrogen-bond donors (Lipinski definition) is 1. The molecule has 19 heavy (non-hydrogen) atoms. The van der Waals surface area contributed by atoms with Gasteiger partial charge in [-0.1, -0.05) is 12.1 Å². The van der Waals surface area contributed by atoms with Gasteiger partial charge in [0.2, 0.25) is 5.91 Å². The van der Waals surface area contributed by atoms with Gasteiger partial charge < -0.3 is 5.32 Å². The number of nitro benzene ring substituents is 1. The van der Waals surface area contributed by atoms with Crippen LogP contribution < -0.4 is 5.32 Å². The standard InChI is InChI=1S/C13H12N2O3S/c1-9-4-5-10(7-12(9)15(17)18)14-13(16)8-11-3-2-6-19-11/h2-7H,8H2,1H3,(H,14,16). The second-order valence-corrected chi connectivity index (χ2v) is 5.09. The molecule has 0 atom stereocenters. The number of hydrogen-bond acceptors (Lipinski definition) is 4. The van der Waals surface area contributed by atoms with Crippen LogP contribution in [-0.2, 0) is 11.2 Å². The lowest BCUT2D eigenvalue weighted by atomic mass is 10.2. The Balaban J connectivity index is 2.09. The lowest BCUT2D eigenvalue weighted by Crippen LogP contribution is -2.13. The van der Waals surface area contributed by atoms with E-state index in [-0.39, 0.29) is 18.0 Å². The largest absolute Gasteiger partial charge is 0.326 e. The van der Waals surface area contributed by atoms with E-state index in [0.29, 0.717) is 11.3 Å². The van der Waals surface area contributed by atoms with Crippen LogP contribution in [0.25, 0.3) is 0 Å². The fourth-order valence-electron chi connectivity index (χ4n) is 1.66. The molecule has 0 saturated heterocycles. The second-order valence-electron chi connectivity index (χ2n) is 4.06. The van der Waals surface area contributed by atoms with E-state index in [9.17, 15) is 14.9 Å². The molecule has 5 nitrogen and oxygen atoms in total. The molecular weight excluding hydrogens is 264 g/mol. The Hall–Kier alpha value is -2.21. The highest BCUT2D eigenvalue weighted by Gasteiger charge is 2.12. The van der Waals surface area contributed by atoms with Crippen molar-refractivity contribution in [2.75, 3.05) is 5.32 Å².